The van der Waals surface area contributed by atoms with Gasteiger partial charge in [-0.3, -0.25) is 19.6 Å². The molecule has 0 radical (unpaired) electrons. The monoisotopic (exact) mass is 519 g/mol. The van der Waals surface area contributed by atoms with Crippen LogP contribution in [0.1, 0.15) is 34.5 Å². The summed E-state index contributed by atoms with van der Waals surface area (Å²) < 4.78 is 13.2. The van der Waals surface area contributed by atoms with E-state index in [0.717, 1.165) is 11.1 Å². The average molecular weight is 520 g/mol. The van der Waals surface area contributed by atoms with Crippen LogP contribution in [-0.4, -0.2) is 42.1 Å². The molecular weight excluding hydrogens is 489 g/mol. The molecule has 0 spiro atoms. The van der Waals surface area contributed by atoms with Crippen LogP contribution >= 0.6 is 0 Å². The van der Waals surface area contributed by atoms with Crippen molar-refractivity contribution in [1.82, 2.24) is 16.1 Å². The molecule has 0 fully saturated rings. The number of nitrogens with two attached hydrogens (primary N) is 1. The molecule has 198 valence electrons. The molecule has 0 aliphatic heterocycles. The number of hydrogen-bond donors (Lipinski definition) is 6. The van der Waals surface area contributed by atoms with Crippen LogP contribution in [0, 0.1) is 17.7 Å². The second-order valence-corrected chi connectivity index (χ2v) is 7.92. The number of anilines is 1. The second kappa shape index (κ2) is 14.9. The Hall–Kier alpha value is -4.56. The van der Waals surface area contributed by atoms with Gasteiger partial charge >= 0.3 is 0 Å². The smallest absolute Gasteiger partial charge is 0.267 e. The molecule has 0 aliphatic carbocycles. The molecule has 3 aromatic rings. The van der Waals surface area contributed by atoms with Crippen molar-refractivity contribution in [3.63, 3.8) is 0 Å². The Kier molecular flexibility index (Phi) is 11.6. The van der Waals surface area contributed by atoms with Crippen LogP contribution in [0.3, 0.4) is 0 Å². The van der Waals surface area contributed by atoms with E-state index in [4.69, 9.17) is 10.9 Å². The third kappa shape index (κ3) is 9.15. The van der Waals surface area contributed by atoms with Gasteiger partial charge in [-0.2, -0.15) is 0 Å². The van der Waals surface area contributed by atoms with Gasteiger partial charge < -0.3 is 21.7 Å². The van der Waals surface area contributed by atoms with Gasteiger partial charge in [-0.25, -0.2) is 9.87 Å². The van der Waals surface area contributed by atoms with Crippen molar-refractivity contribution in [2.75, 3.05) is 18.4 Å². The molecule has 0 aliphatic rings. The van der Waals surface area contributed by atoms with E-state index in [0.29, 0.717) is 23.4 Å². The third-order valence-corrected chi connectivity index (χ3v) is 5.14. The molecule has 9 nitrogen and oxygen atoms in total. The van der Waals surface area contributed by atoms with E-state index in [1.54, 1.807) is 60.7 Å². The van der Waals surface area contributed by atoms with Gasteiger partial charge in [0.2, 0.25) is 5.91 Å². The van der Waals surface area contributed by atoms with E-state index in [1.807, 2.05) is 0 Å². The van der Waals surface area contributed by atoms with Crippen molar-refractivity contribution >= 4 is 23.4 Å². The van der Waals surface area contributed by atoms with Crippen LogP contribution < -0.4 is 27.2 Å². The van der Waals surface area contributed by atoms with Crippen molar-refractivity contribution in [3.8, 4) is 11.8 Å². The van der Waals surface area contributed by atoms with Crippen LogP contribution in [0.4, 0.5) is 10.1 Å². The molecule has 0 aromatic heterocycles. The number of amides is 3. The Morgan fingerprint density at radius 1 is 0.947 bits per heavy atom. The highest BCUT2D eigenvalue weighted by Crippen LogP contribution is 2.10. The maximum atomic E-state index is 13.2. The van der Waals surface area contributed by atoms with E-state index in [2.05, 4.69) is 27.8 Å². The maximum Gasteiger partial charge on any atom is 0.267 e. The molecule has 3 aromatic carbocycles. The van der Waals surface area contributed by atoms with Crippen molar-refractivity contribution in [2.24, 2.45) is 5.73 Å². The van der Waals surface area contributed by atoms with E-state index in [1.165, 1.54) is 17.6 Å². The van der Waals surface area contributed by atoms with Gasteiger partial charge in [0, 0.05) is 35.5 Å². The van der Waals surface area contributed by atoms with Crippen LogP contribution in [0.5, 0.6) is 0 Å². The molecule has 0 heterocycles. The van der Waals surface area contributed by atoms with Crippen molar-refractivity contribution in [3.05, 3.63) is 101 Å². The quantitative estimate of drug-likeness (QED) is 0.145. The molecule has 0 saturated carbocycles. The predicted octanol–water partition coefficient (Wildman–Crippen LogP) is 2.15. The Bertz CT molecular complexity index is 1300. The van der Waals surface area contributed by atoms with E-state index in [-0.39, 0.29) is 32.2 Å². The number of hydrogen-bond acceptors (Lipinski definition) is 6. The second-order valence-electron chi connectivity index (χ2n) is 7.92. The zero-order valence-corrected chi connectivity index (χ0v) is 19.8. The standard InChI is InChI=1S/C27H26FN5O4.CH4/c28-22-3-1-2-20(14-22)16-30-17-25(34)31-23-12-8-19(9-13-23)5-4-18-6-10-21(11-7-18)26(35)32-24(15-29)27(36)33-37;/h1-3,6-14,24,30,37H,15-17,29H2,(H,31,34)(H,32,35)(H,33,36);1H4/t24-;/m0./s1. The van der Waals surface area contributed by atoms with Gasteiger partial charge in [-0.05, 0) is 66.2 Å². The highest BCUT2D eigenvalue weighted by molar-refractivity contribution is 5.97. The van der Waals surface area contributed by atoms with Crippen LogP contribution in [-0.2, 0) is 16.1 Å². The predicted molar refractivity (Wildman–Crippen MR) is 143 cm³/mol. The first-order valence-electron chi connectivity index (χ1n) is 11.3. The molecule has 1 atom stereocenters. The topological polar surface area (TPSA) is 146 Å². The largest absolute Gasteiger partial charge is 0.339 e. The lowest BCUT2D eigenvalue weighted by molar-refractivity contribution is -0.130. The number of carbonyl (C=O) groups is 3. The molecular formula is C28H30FN5O4. The fourth-order valence-electron chi connectivity index (χ4n) is 3.21. The van der Waals surface area contributed by atoms with Crippen molar-refractivity contribution in [1.29, 1.82) is 0 Å². The van der Waals surface area contributed by atoms with E-state index < -0.39 is 17.9 Å². The highest BCUT2D eigenvalue weighted by Gasteiger charge is 2.19. The molecule has 7 N–H and O–H groups in total. The third-order valence-electron chi connectivity index (χ3n) is 5.14. The number of rotatable bonds is 9. The summed E-state index contributed by atoms with van der Waals surface area (Å²) in [6, 6.07) is 18.6. The summed E-state index contributed by atoms with van der Waals surface area (Å²) in [5.41, 5.74) is 9.95. The fourth-order valence-corrected chi connectivity index (χ4v) is 3.21. The first-order valence-corrected chi connectivity index (χ1v) is 11.3. The highest BCUT2D eigenvalue weighted by atomic mass is 19.1. The minimum absolute atomic E-state index is 0. The Morgan fingerprint density at radius 3 is 2.16 bits per heavy atom. The first-order chi connectivity index (χ1) is 17.9. The molecule has 38 heavy (non-hydrogen) atoms. The molecule has 3 amide bonds. The van der Waals surface area contributed by atoms with Gasteiger partial charge in [-0.15, -0.1) is 0 Å². The fraction of sp³-hybridized carbons (Fsp3) is 0.179. The SMILES string of the molecule is C.NC[C@H](NC(=O)c1ccc(C#Cc2ccc(NC(=O)CNCc3cccc(F)c3)cc2)cc1)C(=O)NO. The molecule has 0 saturated heterocycles. The van der Waals surface area contributed by atoms with Gasteiger partial charge in [0.25, 0.3) is 11.8 Å². The molecule has 0 bridgehead atoms. The summed E-state index contributed by atoms with van der Waals surface area (Å²) in [5, 5.41) is 16.9. The van der Waals surface area contributed by atoms with Crippen LogP contribution in [0.25, 0.3) is 0 Å². The van der Waals surface area contributed by atoms with Gasteiger partial charge in [-0.1, -0.05) is 31.4 Å². The molecule has 10 heteroatoms. The minimum atomic E-state index is -1.05. The van der Waals surface area contributed by atoms with E-state index in [9.17, 15) is 18.8 Å². The molecule has 3 rings (SSSR count). The summed E-state index contributed by atoms with van der Waals surface area (Å²) in [4.78, 5) is 35.8. The summed E-state index contributed by atoms with van der Waals surface area (Å²) in [5.74, 6) is 4.13. The van der Waals surface area contributed by atoms with Gasteiger partial charge in [0.1, 0.15) is 11.9 Å². The Balaban J connectivity index is 0.00000507. The Morgan fingerprint density at radius 2 is 1.58 bits per heavy atom. The number of halogens is 1. The number of nitrogens with one attached hydrogen (secondary N) is 4. The normalized spacial score (nSPS) is 10.7. The van der Waals surface area contributed by atoms with Gasteiger partial charge in [0.05, 0.1) is 6.54 Å². The van der Waals surface area contributed by atoms with Crippen molar-refractivity contribution in [2.45, 2.75) is 20.0 Å². The Labute approximate surface area is 220 Å². The lowest BCUT2D eigenvalue weighted by Crippen LogP contribution is -2.50. The zero-order chi connectivity index (χ0) is 26.6. The summed E-state index contributed by atoms with van der Waals surface area (Å²) >= 11 is 0. The summed E-state index contributed by atoms with van der Waals surface area (Å²) in [6.45, 7) is 0.283. The summed E-state index contributed by atoms with van der Waals surface area (Å²) in [7, 11) is 0. The maximum absolute atomic E-state index is 13.2. The lowest BCUT2D eigenvalue weighted by atomic mass is 10.1. The number of benzene rings is 3. The number of hydroxylamine groups is 1. The van der Waals surface area contributed by atoms with Gasteiger partial charge in [0.15, 0.2) is 0 Å². The zero-order valence-electron chi connectivity index (χ0n) is 19.8. The first kappa shape index (κ1) is 29.7. The molecule has 0 unspecified atom stereocenters. The van der Waals surface area contributed by atoms with E-state index >= 15 is 0 Å². The van der Waals surface area contributed by atoms with Crippen molar-refractivity contribution < 1.29 is 24.0 Å². The minimum Gasteiger partial charge on any atom is -0.339 e. The van der Waals surface area contributed by atoms with Crippen LogP contribution in [0.15, 0.2) is 72.8 Å². The van der Waals surface area contributed by atoms with Crippen LogP contribution in [0.2, 0.25) is 0 Å². The summed E-state index contributed by atoms with van der Waals surface area (Å²) in [6.07, 6.45) is 0. The average Bonchev–Trinajstić information content (AvgIpc) is 2.91. The lowest BCUT2D eigenvalue weighted by Gasteiger charge is -2.14. The number of carbonyl (C=O) groups excluding carboxylic acids is 3.